The summed E-state index contributed by atoms with van der Waals surface area (Å²) in [6, 6.07) is 5.05. The quantitative estimate of drug-likeness (QED) is 0.851. The Morgan fingerprint density at radius 1 is 1.39 bits per heavy atom. The Morgan fingerprint density at radius 2 is 2.17 bits per heavy atom. The standard InChI is InChI=1S/C14H23BrN2S/c1-2-3-8-17-9-6-12(7-10-17)16-11-13-4-5-14(15)18-13/h4-5,12,16H,2-3,6-11H2,1H3. The third-order valence-corrected chi connectivity index (χ3v) is 5.23. The van der Waals surface area contributed by atoms with E-state index < -0.39 is 0 Å². The molecule has 1 aliphatic rings. The van der Waals surface area contributed by atoms with Crippen molar-refractivity contribution in [2.45, 2.75) is 45.2 Å². The van der Waals surface area contributed by atoms with Crippen LogP contribution in [-0.2, 0) is 6.54 Å². The molecule has 1 aromatic heterocycles. The van der Waals surface area contributed by atoms with Gasteiger partial charge in [-0.2, -0.15) is 0 Å². The van der Waals surface area contributed by atoms with Gasteiger partial charge in [0.2, 0.25) is 0 Å². The van der Waals surface area contributed by atoms with Gasteiger partial charge >= 0.3 is 0 Å². The first kappa shape index (κ1) is 14.5. The van der Waals surface area contributed by atoms with E-state index in [-0.39, 0.29) is 0 Å². The van der Waals surface area contributed by atoms with Gasteiger partial charge in [0.1, 0.15) is 0 Å². The van der Waals surface area contributed by atoms with Crippen LogP contribution in [0, 0.1) is 0 Å². The van der Waals surface area contributed by atoms with E-state index >= 15 is 0 Å². The van der Waals surface area contributed by atoms with E-state index in [1.165, 1.54) is 54.0 Å². The molecule has 0 amide bonds. The fraction of sp³-hybridized carbons (Fsp3) is 0.714. The maximum absolute atomic E-state index is 3.69. The first-order valence-corrected chi connectivity index (χ1v) is 8.59. The van der Waals surface area contributed by atoms with E-state index in [0.29, 0.717) is 6.04 Å². The van der Waals surface area contributed by atoms with Gasteiger partial charge in [0.15, 0.2) is 0 Å². The molecule has 1 N–H and O–H groups in total. The first-order valence-electron chi connectivity index (χ1n) is 6.98. The van der Waals surface area contributed by atoms with Gasteiger partial charge in [0.05, 0.1) is 3.79 Å². The summed E-state index contributed by atoms with van der Waals surface area (Å²) in [6.07, 6.45) is 5.26. The second kappa shape index (κ2) is 7.63. The normalized spacial score (nSPS) is 18.3. The average Bonchev–Trinajstić information content (AvgIpc) is 2.81. The van der Waals surface area contributed by atoms with Gasteiger partial charge in [0, 0.05) is 17.5 Å². The highest BCUT2D eigenvalue weighted by Gasteiger charge is 2.18. The van der Waals surface area contributed by atoms with E-state index in [1.54, 1.807) is 0 Å². The molecule has 0 atom stereocenters. The Kier molecular flexibility index (Phi) is 6.15. The van der Waals surface area contributed by atoms with Gasteiger partial charge in [-0.05, 0) is 67.0 Å². The lowest BCUT2D eigenvalue weighted by Crippen LogP contribution is -2.42. The number of rotatable bonds is 6. The van der Waals surface area contributed by atoms with Gasteiger partial charge in [0.25, 0.3) is 0 Å². The second-order valence-corrected chi connectivity index (χ2v) is 7.60. The smallest absolute Gasteiger partial charge is 0.0701 e. The Balaban J connectivity index is 1.64. The lowest BCUT2D eigenvalue weighted by atomic mass is 10.0. The molecular formula is C14H23BrN2S. The van der Waals surface area contributed by atoms with Gasteiger partial charge in [-0.3, -0.25) is 0 Å². The van der Waals surface area contributed by atoms with E-state index in [4.69, 9.17) is 0 Å². The van der Waals surface area contributed by atoms with Crippen LogP contribution >= 0.6 is 27.3 Å². The molecule has 0 aromatic carbocycles. The van der Waals surface area contributed by atoms with Crippen molar-refractivity contribution in [1.29, 1.82) is 0 Å². The minimum absolute atomic E-state index is 0.712. The van der Waals surface area contributed by atoms with Crippen molar-refractivity contribution in [3.05, 3.63) is 20.8 Å². The Bertz CT molecular complexity index is 345. The van der Waals surface area contributed by atoms with E-state index in [2.05, 4.69) is 45.2 Å². The van der Waals surface area contributed by atoms with Crippen molar-refractivity contribution < 1.29 is 0 Å². The largest absolute Gasteiger partial charge is 0.309 e. The number of nitrogens with one attached hydrogen (secondary N) is 1. The molecule has 0 unspecified atom stereocenters. The highest BCUT2D eigenvalue weighted by atomic mass is 79.9. The van der Waals surface area contributed by atoms with Crippen molar-refractivity contribution >= 4 is 27.3 Å². The summed E-state index contributed by atoms with van der Waals surface area (Å²) < 4.78 is 1.23. The van der Waals surface area contributed by atoms with Crippen molar-refractivity contribution in [2.24, 2.45) is 0 Å². The number of nitrogens with zero attached hydrogens (tertiary/aromatic N) is 1. The number of likely N-dealkylation sites (tertiary alicyclic amines) is 1. The summed E-state index contributed by atoms with van der Waals surface area (Å²) in [5.41, 5.74) is 0. The first-order chi connectivity index (χ1) is 8.78. The predicted molar refractivity (Wildman–Crippen MR) is 83.2 cm³/mol. The molecule has 4 heteroatoms. The summed E-state index contributed by atoms with van der Waals surface area (Å²) in [6.45, 7) is 7.13. The lowest BCUT2D eigenvalue weighted by molar-refractivity contribution is 0.195. The van der Waals surface area contributed by atoms with Crippen LogP contribution in [0.4, 0.5) is 0 Å². The van der Waals surface area contributed by atoms with Gasteiger partial charge in [-0.1, -0.05) is 13.3 Å². The summed E-state index contributed by atoms with van der Waals surface area (Å²) >= 11 is 5.35. The monoisotopic (exact) mass is 330 g/mol. The number of hydrogen-bond acceptors (Lipinski definition) is 3. The van der Waals surface area contributed by atoms with Crippen LogP contribution in [0.3, 0.4) is 0 Å². The fourth-order valence-electron chi connectivity index (χ4n) is 2.43. The number of unbranched alkanes of at least 4 members (excludes halogenated alkanes) is 1. The van der Waals surface area contributed by atoms with E-state index in [0.717, 1.165) is 6.54 Å². The SMILES string of the molecule is CCCCN1CCC(NCc2ccc(Br)s2)CC1. The zero-order valence-corrected chi connectivity index (χ0v) is 13.5. The van der Waals surface area contributed by atoms with E-state index in [1.807, 2.05) is 11.3 Å². The molecule has 18 heavy (non-hydrogen) atoms. The highest BCUT2D eigenvalue weighted by Crippen LogP contribution is 2.22. The van der Waals surface area contributed by atoms with Gasteiger partial charge in [-0.15, -0.1) is 11.3 Å². The minimum atomic E-state index is 0.712. The number of piperidine rings is 1. The molecule has 0 bridgehead atoms. The minimum Gasteiger partial charge on any atom is -0.309 e. The summed E-state index contributed by atoms with van der Waals surface area (Å²) in [5, 5.41) is 3.69. The fourth-order valence-corrected chi connectivity index (χ4v) is 3.87. The number of thiophene rings is 1. The molecule has 1 aliphatic heterocycles. The van der Waals surface area contributed by atoms with Crippen LogP contribution in [-0.4, -0.2) is 30.6 Å². The molecule has 1 fully saturated rings. The zero-order chi connectivity index (χ0) is 12.8. The summed E-state index contributed by atoms with van der Waals surface area (Å²) in [4.78, 5) is 4.04. The molecular weight excluding hydrogens is 308 g/mol. The predicted octanol–water partition coefficient (Wildman–Crippen LogP) is 3.86. The molecule has 102 valence electrons. The zero-order valence-electron chi connectivity index (χ0n) is 11.1. The van der Waals surface area contributed by atoms with E-state index in [9.17, 15) is 0 Å². The van der Waals surface area contributed by atoms with Gasteiger partial charge in [-0.25, -0.2) is 0 Å². The molecule has 1 aromatic rings. The van der Waals surface area contributed by atoms with Crippen molar-refractivity contribution in [3.63, 3.8) is 0 Å². The molecule has 0 radical (unpaired) electrons. The molecule has 2 rings (SSSR count). The summed E-state index contributed by atoms with van der Waals surface area (Å²) in [7, 11) is 0. The molecule has 2 nitrogen and oxygen atoms in total. The topological polar surface area (TPSA) is 15.3 Å². The number of hydrogen-bond donors (Lipinski definition) is 1. The Labute approximate surface area is 123 Å². The van der Waals surface area contributed by atoms with Crippen LogP contribution < -0.4 is 5.32 Å². The molecule has 0 spiro atoms. The van der Waals surface area contributed by atoms with Crippen LogP contribution in [0.5, 0.6) is 0 Å². The number of halogens is 1. The van der Waals surface area contributed by atoms with Crippen LogP contribution in [0.15, 0.2) is 15.9 Å². The van der Waals surface area contributed by atoms with Crippen molar-refractivity contribution in [1.82, 2.24) is 10.2 Å². The molecule has 0 saturated carbocycles. The van der Waals surface area contributed by atoms with Crippen molar-refractivity contribution in [2.75, 3.05) is 19.6 Å². The second-order valence-electron chi connectivity index (χ2n) is 5.06. The van der Waals surface area contributed by atoms with Crippen molar-refractivity contribution in [3.8, 4) is 0 Å². The third kappa shape index (κ3) is 4.65. The van der Waals surface area contributed by atoms with Crippen LogP contribution in [0.25, 0.3) is 0 Å². The average molecular weight is 331 g/mol. The third-order valence-electron chi connectivity index (χ3n) is 3.61. The molecule has 2 heterocycles. The van der Waals surface area contributed by atoms with Gasteiger partial charge < -0.3 is 10.2 Å². The lowest BCUT2D eigenvalue weighted by Gasteiger charge is -2.32. The maximum atomic E-state index is 3.69. The highest BCUT2D eigenvalue weighted by molar-refractivity contribution is 9.11. The molecule has 1 saturated heterocycles. The molecule has 0 aliphatic carbocycles. The Hall–Kier alpha value is 0.1000. The van der Waals surface area contributed by atoms with Crippen LogP contribution in [0.2, 0.25) is 0 Å². The maximum Gasteiger partial charge on any atom is 0.0701 e. The summed E-state index contributed by atoms with van der Waals surface area (Å²) in [5.74, 6) is 0. The Morgan fingerprint density at radius 3 is 2.78 bits per heavy atom. The van der Waals surface area contributed by atoms with Crippen LogP contribution in [0.1, 0.15) is 37.5 Å².